The number of likely N-dealkylation sites (N-methyl/N-ethyl adjacent to an activating group) is 1. The molecule has 0 saturated carbocycles. The van der Waals surface area contributed by atoms with Gasteiger partial charge in [0, 0.05) is 38.4 Å². The maximum absolute atomic E-state index is 5.70. The Labute approximate surface area is 109 Å². The average Bonchev–Trinajstić information content (AvgIpc) is 2.78. The van der Waals surface area contributed by atoms with Crippen molar-refractivity contribution >= 4 is 0 Å². The molecule has 0 spiro atoms. The monoisotopic (exact) mass is 252 g/mol. The van der Waals surface area contributed by atoms with E-state index in [1.807, 2.05) is 10.9 Å². The quantitative estimate of drug-likeness (QED) is 0.845. The van der Waals surface area contributed by atoms with Gasteiger partial charge in [0.2, 0.25) is 0 Å². The van der Waals surface area contributed by atoms with E-state index in [9.17, 15) is 0 Å². The van der Waals surface area contributed by atoms with Crippen molar-refractivity contribution in [2.24, 2.45) is 0 Å². The maximum Gasteiger partial charge on any atom is 0.0826 e. The summed E-state index contributed by atoms with van der Waals surface area (Å²) in [6, 6.07) is 2.50. The Kier molecular flexibility index (Phi) is 4.74. The number of rotatable bonds is 5. The second-order valence-corrected chi connectivity index (χ2v) is 5.27. The molecular weight excluding hydrogens is 228 g/mol. The summed E-state index contributed by atoms with van der Waals surface area (Å²) >= 11 is 0. The first-order chi connectivity index (χ1) is 8.65. The lowest BCUT2D eigenvalue weighted by Gasteiger charge is -2.30. The van der Waals surface area contributed by atoms with Crippen LogP contribution in [-0.4, -0.2) is 54.1 Å². The molecule has 0 amide bonds. The van der Waals surface area contributed by atoms with E-state index in [-0.39, 0.29) is 0 Å². The fourth-order valence-corrected chi connectivity index (χ4v) is 2.11. The number of nitrogens with one attached hydrogen (secondary N) is 1. The van der Waals surface area contributed by atoms with Crippen LogP contribution >= 0.6 is 0 Å². The van der Waals surface area contributed by atoms with Crippen LogP contribution in [0.5, 0.6) is 0 Å². The third kappa shape index (κ3) is 3.80. The van der Waals surface area contributed by atoms with Gasteiger partial charge in [0.25, 0.3) is 0 Å². The Morgan fingerprint density at radius 2 is 2.39 bits per heavy atom. The number of hydrogen-bond donors (Lipinski definition) is 1. The van der Waals surface area contributed by atoms with Crippen LogP contribution in [0, 0.1) is 0 Å². The normalized spacial score (nSPS) is 21.7. The van der Waals surface area contributed by atoms with Gasteiger partial charge < -0.3 is 15.0 Å². The van der Waals surface area contributed by atoms with E-state index in [2.05, 4.69) is 42.3 Å². The Morgan fingerprint density at radius 3 is 3.06 bits per heavy atom. The van der Waals surface area contributed by atoms with Crippen LogP contribution in [0.25, 0.3) is 0 Å². The first kappa shape index (κ1) is 13.5. The molecule has 0 aliphatic carbocycles. The fourth-order valence-electron chi connectivity index (χ4n) is 2.11. The molecule has 1 aromatic heterocycles. The molecule has 2 rings (SSSR count). The molecule has 2 heterocycles. The van der Waals surface area contributed by atoms with Gasteiger partial charge in [0.1, 0.15) is 0 Å². The Hall–Kier alpha value is -0.910. The van der Waals surface area contributed by atoms with Crippen molar-refractivity contribution in [3.8, 4) is 0 Å². The van der Waals surface area contributed by atoms with Gasteiger partial charge in [-0.05, 0) is 27.0 Å². The van der Waals surface area contributed by atoms with Crippen molar-refractivity contribution in [3.63, 3.8) is 0 Å². The zero-order valence-corrected chi connectivity index (χ0v) is 11.6. The van der Waals surface area contributed by atoms with Gasteiger partial charge in [0.05, 0.1) is 18.4 Å². The lowest BCUT2D eigenvalue weighted by Crippen LogP contribution is -2.44. The zero-order chi connectivity index (χ0) is 13.0. The Bertz CT molecular complexity index is 364. The molecule has 1 atom stereocenters. The molecule has 1 aliphatic rings. The summed E-state index contributed by atoms with van der Waals surface area (Å²) in [5, 5.41) is 7.93. The van der Waals surface area contributed by atoms with Gasteiger partial charge in [-0.3, -0.25) is 4.68 Å². The Balaban J connectivity index is 1.71. The zero-order valence-electron chi connectivity index (χ0n) is 11.6. The topological polar surface area (TPSA) is 42.3 Å². The highest BCUT2D eigenvalue weighted by Crippen LogP contribution is 2.05. The molecule has 1 fully saturated rings. The highest BCUT2D eigenvalue weighted by molar-refractivity contribution is 4.99. The van der Waals surface area contributed by atoms with Gasteiger partial charge in [-0.2, -0.15) is 5.10 Å². The molecule has 1 unspecified atom stereocenters. The molecule has 1 aliphatic heterocycles. The van der Waals surface area contributed by atoms with Crippen LogP contribution in [0.4, 0.5) is 0 Å². The predicted octanol–water partition coefficient (Wildman–Crippen LogP) is 0.884. The molecule has 0 bridgehead atoms. The second kappa shape index (κ2) is 6.31. The molecule has 18 heavy (non-hydrogen) atoms. The maximum atomic E-state index is 5.70. The summed E-state index contributed by atoms with van der Waals surface area (Å²) in [6.07, 6.45) is 2.34. The molecule has 1 N–H and O–H groups in total. The van der Waals surface area contributed by atoms with Gasteiger partial charge in [-0.25, -0.2) is 0 Å². The SMILES string of the molecule is CC(C)n1ccc(CNCC2CN(C)CCO2)n1. The predicted molar refractivity (Wildman–Crippen MR) is 71.6 cm³/mol. The summed E-state index contributed by atoms with van der Waals surface area (Å²) in [7, 11) is 2.14. The minimum atomic E-state index is 0.302. The molecule has 5 heteroatoms. The summed E-state index contributed by atoms with van der Waals surface area (Å²) in [4.78, 5) is 2.31. The minimum Gasteiger partial charge on any atom is -0.374 e. The van der Waals surface area contributed by atoms with Crippen molar-refractivity contribution in [1.82, 2.24) is 20.0 Å². The van der Waals surface area contributed by atoms with E-state index in [4.69, 9.17) is 4.74 Å². The number of morpholine rings is 1. The highest BCUT2D eigenvalue weighted by atomic mass is 16.5. The molecule has 0 radical (unpaired) electrons. The van der Waals surface area contributed by atoms with E-state index in [0.29, 0.717) is 12.1 Å². The first-order valence-electron chi connectivity index (χ1n) is 6.70. The molecule has 1 aromatic rings. The fraction of sp³-hybridized carbons (Fsp3) is 0.769. The Morgan fingerprint density at radius 1 is 1.56 bits per heavy atom. The van der Waals surface area contributed by atoms with Crippen LogP contribution in [0.15, 0.2) is 12.3 Å². The summed E-state index contributed by atoms with van der Waals surface area (Å²) < 4.78 is 7.69. The third-order valence-electron chi connectivity index (χ3n) is 3.21. The number of nitrogens with zero attached hydrogens (tertiary/aromatic N) is 3. The van der Waals surface area contributed by atoms with E-state index in [0.717, 1.165) is 38.5 Å². The number of aromatic nitrogens is 2. The second-order valence-electron chi connectivity index (χ2n) is 5.27. The molecular formula is C13H24N4O. The minimum absolute atomic E-state index is 0.302. The van der Waals surface area contributed by atoms with Crippen molar-refractivity contribution in [1.29, 1.82) is 0 Å². The van der Waals surface area contributed by atoms with Gasteiger partial charge in [0.15, 0.2) is 0 Å². The van der Waals surface area contributed by atoms with Gasteiger partial charge in [-0.15, -0.1) is 0 Å². The first-order valence-corrected chi connectivity index (χ1v) is 6.70. The molecule has 102 valence electrons. The average molecular weight is 252 g/mol. The van der Waals surface area contributed by atoms with Gasteiger partial charge in [-0.1, -0.05) is 0 Å². The van der Waals surface area contributed by atoms with E-state index >= 15 is 0 Å². The number of ether oxygens (including phenoxy) is 1. The third-order valence-corrected chi connectivity index (χ3v) is 3.21. The highest BCUT2D eigenvalue weighted by Gasteiger charge is 2.16. The van der Waals surface area contributed by atoms with E-state index in [1.54, 1.807) is 0 Å². The number of hydrogen-bond acceptors (Lipinski definition) is 4. The van der Waals surface area contributed by atoms with Crippen LogP contribution in [0.1, 0.15) is 25.6 Å². The van der Waals surface area contributed by atoms with Crippen LogP contribution in [0.2, 0.25) is 0 Å². The summed E-state index contributed by atoms with van der Waals surface area (Å²) in [5.74, 6) is 0. The largest absolute Gasteiger partial charge is 0.374 e. The van der Waals surface area contributed by atoms with Crippen molar-refractivity contribution < 1.29 is 4.74 Å². The van der Waals surface area contributed by atoms with Crippen molar-refractivity contribution in [2.45, 2.75) is 32.5 Å². The summed E-state index contributed by atoms with van der Waals surface area (Å²) in [5.41, 5.74) is 1.09. The van der Waals surface area contributed by atoms with Crippen molar-refractivity contribution in [2.75, 3.05) is 33.3 Å². The lowest BCUT2D eigenvalue weighted by atomic mass is 10.3. The standard InChI is InChI=1S/C13H24N4O/c1-11(2)17-5-4-12(15-17)8-14-9-13-10-16(3)6-7-18-13/h4-5,11,13-14H,6-10H2,1-3H3. The van der Waals surface area contributed by atoms with Crippen LogP contribution in [0.3, 0.4) is 0 Å². The van der Waals surface area contributed by atoms with Crippen LogP contribution in [-0.2, 0) is 11.3 Å². The summed E-state index contributed by atoms with van der Waals surface area (Å²) in [6.45, 7) is 8.85. The lowest BCUT2D eigenvalue weighted by molar-refractivity contribution is -0.0182. The van der Waals surface area contributed by atoms with E-state index in [1.165, 1.54) is 0 Å². The van der Waals surface area contributed by atoms with Gasteiger partial charge >= 0.3 is 0 Å². The smallest absolute Gasteiger partial charge is 0.0826 e. The van der Waals surface area contributed by atoms with Crippen LogP contribution < -0.4 is 5.32 Å². The molecule has 0 aromatic carbocycles. The molecule has 1 saturated heterocycles. The van der Waals surface area contributed by atoms with Crippen molar-refractivity contribution in [3.05, 3.63) is 18.0 Å². The molecule has 5 nitrogen and oxygen atoms in total. The van der Waals surface area contributed by atoms with E-state index < -0.39 is 0 Å².